The van der Waals surface area contributed by atoms with Gasteiger partial charge in [0, 0.05) is 24.7 Å². The lowest BCUT2D eigenvalue weighted by atomic mass is 10.1. The van der Waals surface area contributed by atoms with Crippen molar-refractivity contribution >= 4 is 15.7 Å². The molecule has 1 heterocycles. The Morgan fingerprint density at radius 3 is 2.56 bits per heavy atom. The fraction of sp³-hybridized carbons (Fsp3) is 0.294. The van der Waals surface area contributed by atoms with Crippen LogP contribution in [0, 0.1) is 15.9 Å². The van der Waals surface area contributed by atoms with Crippen LogP contribution in [-0.2, 0) is 15.8 Å². The van der Waals surface area contributed by atoms with E-state index in [0.717, 1.165) is 0 Å². The molecule has 132 valence electrons. The molecule has 6 nitrogen and oxygen atoms in total. The smallest absolute Gasteiger partial charge is 0.258 e. The topological polar surface area (TPSA) is 80.5 Å². The van der Waals surface area contributed by atoms with Gasteiger partial charge in [0.25, 0.3) is 5.69 Å². The first kappa shape index (κ1) is 17.5. The molecule has 8 heteroatoms. The average Bonchev–Trinajstić information content (AvgIpc) is 3.05. The number of benzene rings is 2. The van der Waals surface area contributed by atoms with Gasteiger partial charge in [-0.25, -0.2) is 12.8 Å². The molecule has 0 radical (unpaired) electrons. The molecular formula is C17H17FN2O4S. The van der Waals surface area contributed by atoms with Crippen LogP contribution in [0.15, 0.2) is 48.5 Å². The highest BCUT2D eigenvalue weighted by molar-refractivity contribution is 7.88. The molecule has 0 spiro atoms. The van der Waals surface area contributed by atoms with E-state index >= 15 is 0 Å². The standard InChI is InChI=1S/C17H17FN2O4S/c18-15-4-1-3-14(11-15)17-5-2-10-19(17)25(23,24)12-13-6-8-16(9-7-13)20(21)22/h1,3-4,6-9,11,17H,2,5,10,12H2/t17-/m1/s1. The number of hydrogen-bond donors (Lipinski definition) is 0. The van der Waals surface area contributed by atoms with Crippen molar-refractivity contribution in [2.75, 3.05) is 6.54 Å². The second-order valence-electron chi connectivity index (χ2n) is 6.00. The Labute approximate surface area is 145 Å². The largest absolute Gasteiger partial charge is 0.269 e. The van der Waals surface area contributed by atoms with Crippen molar-refractivity contribution < 1.29 is 17.7 Å². The van der Waals surface area contributed by atoms with Gasteiger partial charge in [-0.2, -0.15) is 4.31 Å². The molecule has 0 aromatic heterocycles. The van der Waals surface area contributed by atoms with Gasteiger partial charge in [0.1, 0.15) is 5.82 Å². The molecule has 0 bridgehead atoms. The Balaban J connectivity index is 1.82. The van der Waals surface area contributed by atoms with Gasteiger partial charge in [-0.3, -0.25) is 10.1 Å². The van der Waals surface area contributed by atoms with E-state index in [-0.39, 0.29) is 17.5 Å². The number of hydrogen-bond acceptors (Lipinski definition) is 4. The molecule has 0 amide bonds. The van der Waals surface area contributed by atoms with E-state index < -0.39 is 20.8 Å². The van der Waals surface area contributed by atoms with E-state index in [9.17, 15) is 22.9 Å². The molecule has 2 aromatic rings. The molecule has 1 aliphatic heterocycles. The van der Waals surface area contributed by atoms with Crippen molar-refractivity contribution in [1.82, 2.24) is 4.31 Å². The van der Waals surface area contributed by atoms with Crippen LogP contribution in [-0.4, -0.2) is 24.2 Å². The molecule has 1 saturated heterocycles. The molecule has 3 rings (SSSR count). The number of rotatable bonds is 5. The van der Waals surface area contributed by atoms with E-state index in [2.05, 4.69) is 0 Å². The van der Waals surface area contributed by atoms with Gasteiger partial charge >= 0.3 is 0 Å². The van der Waals surface area contributed by atoms with Gasteiger partial charge in [-0.05, 0) is 36.1 Å². The summed E-state index contributed by atoms with van der Waals surface area (Å²) in [6.45, 7) is 0.385. The van der Waals surface area contributed by atoms with Crippen LogP contribution in [0.5, 0.6) is 0 Å². The Morgan fingerprint density at radius 2 is 1.92 bits per heavy atom. The Kier molecular flexibility index (Phi) is 4.82. The van der Waals surface area contributed by atoms with Crippen LogP contribution in [0.25, 0.3) is 0 Å². The first-order valence-electron chi connectivity index (χ1n) is 7.85. The maximum atomic E-state index is 13.5. The summed E-state index contributed by atoms with van der Waals surface area (Å²) in [5.74, 6) is -0.631. The normalized spacial score (nSPS) is 18.4. The first-order valence-corrected chi connectivity index (χ1v) is 9.46. The third kappa shape index (κ3) is 3.85. The van der Waals surface area contributed by atoms with E-state index in [1.807, 2.05) is 0 Å². The molecule has 0 unspecified atom stereocenters. The van der Waals surface area contributed by atoms with Crippen molar-refractivity contribution in [3.05, 3.63) is 75.6 Å². The molecule has 0 saturated carbocycles. The van der Waals surface area contributed by atoms with Crippen molar-refractivity contribution in [2.45, 2.75) is 24.6 Å². The minimum atomic E-state index is -3.62. The lowest BCUT2D eigenvalue weighted by molar-refractivity contribution is -0.384. The SMILES string of the molecule is O=[N+]([O-])c1ccc(CS(=O)(=O)N2CCC[C@@H]2c2cccc(F)c2)cc1. The molecule has 1 atom stereocenters. The van der Waals surface area contributed by atoms with Gasteiger partial charge in [-0.15, -0.1) is 0 Å². The zero-order valence-corrected chi connectivity index (χ0v) is 14.2. The molecule has 2 aromatic carbocycles. The lowest BCUT2D eigenvalue weighted by Crippen LogP contribution is -2.31. The van der Waals surface area contributed by atoms with Gasteiger partial charge in [0.2, 0.25) is 10.0 Å². The fourth-order valence-electron chi connectivity index (χ4n) is 3.13. The highest BCUT2D eigenvalue weighted by atomic mass is 32.2. The minimum absolute atomic E-state index is 0.0834. The number of nitro benzene ring substituents is 1. The second kappa shape index (κ2) is 6.89. The molecule has 25 heavy (non-hydrogen) atoms. The van der Waals surface area contributed by atoms with Crippen molar-refractivity contribution in [3.8, 4) is 0 Å². The quantitative estimate of drug-likeness (QED) is 0.601. The van der Waals surface area contributed by atoms with Gasteiger partial charge in [0.15, 0.2) is 0 Å². The Morgan fingerprint density at radius 1 is 1.20 bits per heavy atom. The zero-order valence-electron chi connectivity index (χ0n) is 13.3. The van der Waals surface area contributed by atoms with Crippen molar-refractivity contribution in [3.63, 3.8) is 0 Å². The lowest BCUT2D eigenvalue weighted by Gasteiger charge is -2.24. The third-order valence-electron chi connectivity index (χ3n) is 4.29. The van der Waals surface area contributed by atoms with E-state index in [1.54, 1.807) is 12.1 Å². The van der Waals surface area contributed by atoms with Crippen LogP contribution in [0.4, 0.5) is 10.1 Å². The fourth-order valence-corrected chi connectivity index (χ4v) is 4.93. The molecule has 1 fully saturated rings. The summed E-state index contributed by atoms with van der Waals surface area (Å²) in [5.41, 5.74) is 1.04. The van der Waals surface area contributed by atoms with Crippen LogP contribution in [0.2, 0.25) is 0 Å². The predicted octanol–water partition coefficient (Wildman–Crippen LogP) is 3.40. The Bertz CT molecular complexity index is 884. The second-order valence-corrected chi connectivity index (χ2v) is 7.93. The van der Waals surface area contributed by atoms with Crippen LogP contribution >= 0.6 is 0 Å². The van der Waals surface area contributed by atoms with Crippen molar-refractivity contribution in [2.24, 2.45) is 0 Å². The molecule has 0 N–H and O–H groups in total. The zero-order chi connectivity index (χ0) is 18.0. The molecule has 1 aliphatic rings. The summed E-state index contributed by atoms with van der Waals surface area (Å²) in [5, 5.41) is 10.7. The highest BCUT2D eigenvalue weighted by Crippen LogP contribution is 2.35. The summed E-state index contributed by atoms with van der Waals surface area (Å²) in [6, 6.07) is 11.1. The van der Waals surface area contributed by atoms with Gasteiger partial charge in [0.05, 0.1) is 10.7 Å². The highest BCUT2D eigenvalue weighted by Gasteiger charge is 2.35. The van der Waals surface area contributed by atoms with Crippen molar-refractivity contribution in [1.29, 1.82) is 0 Å². The van der Waals surface area contributed by atoms with Gasteiger partial charge < -0.3 is 0 Å². The Hall–Kier alpha value is -2.32. The van der Waals surface area contributed by atoms with Crippen LogP contribution < -0.4 is 0 Å². The van der Waals surface area contributed by atoms with Crippen LogP contribution in [0.1, 0.15) is 30.0 Å². The van der Waals surface area contributed by atoms with E-state index in [1.165, 1.54) is 40.7 Å². The first-order chi connectivity index (χ1) is 11.9. The monoisotopic (exact) mass is 364 g/mol. The molecule has 0 aliphatic carbocycles. The van der Waals surface area contributed by atoms with E-state index in [4.69, 9.17) is 0 Å². The number of halogens is 1. The maximum absolute atomic E-state index is 13.5. The average molecular weight is 364 g/mol. The minimum Gasteiger partial charge on any atom is -0.258 e. The maximum Gasteiger partial charge on any atom is 0.269 e. The predicted molar refractivity (Wildman–Crippen MR) is 90.8 cm³/mol. The third-order valence-corrected chi connectivity index (χ3v) is 6.14. The van der Waals surface area contributed by atoms with Gasteiger partial charge in [-0.1, -0.05) is 24.3 Å². The number of non-ortho nitro benzene ring substituents is 1. The number of nitro groups is 1. The summed E-state index contributed by atoms with van der Waals surface area (Å²) < 4.78 is 40.5. The summed E-state index contributed by atoms with van der Waals surface area (Å²) in [7, 11) is -3.62. The molecular weight excluding hydrogens is 347 g/mol. The summed E-state index contributed by atoms with van der Waals surface area (Å²) >= 11 is 0. The number of sulfonamides is 1. The summed E-state index contributed by atoms with van der Waals surface area (Å²) in [4.78, 5) is 10.2. The van der Waals surface area contributed by atoms with E-state index in [0.29, 0.717) is 30.5 Å². The van der Waals surface area contributed by atoms with Crippen LogP contribution in [0.3, 0.4) is 0 Å². The summed E-state index contributed by atoms with van der Waals surface area (Å²) in [6.07, 6.45) is 1.35. The number of nitrogens with zero attached hydrogens (tertiary/aromatic N) is 2.